The number of para-hydroxylation sites is 1. The van der Waals surface area contributed by atoms with E-state index >= 15 is 0 Å². The third kappa shape index (κ3) is 4.09. The number of hydrogen-bond donors (Lipinski definition) is 1. The Labute approximate surface area is 126 Å². The zero-order valence-corrected chi connectivity index (χ0v) is 12.5. The maximum absolute atomic E-state index is 5.83. The van der Waals surface area contributed by atoms with Gasteiger partial charge in [0.2, 0.25) is 0 Å². The maximum atomic E-state index is 5.83. The summed E-state index contributed by atoms with van der Waals surface area (Å²) in [5, 5.41) is 3.50. The number of fused-ring (bicyclic) bond motifs is 1. The van der Waals surface area contributed by atoms with Gasteiger partial charge in [-0.1, -0.05) is 12.1 Å². The van der Waals surface area contributed by atoms with Crippen LogP contribution in [0.15, 0.2) is 18.2 Å². The van der Waals surface area contributed by atoms with E-state index in [2.05, 4.69) is 16.3 Å². The summed E-state index contributed by atoms with van der Waals surface area (Å²) >= 11 is 0. The van der Waals surface area contributed by atoms with Crippen LogP contribution in [0.3, 0.4) is 0 Å². The van der Waals surface area contributed by atoms with Crippen LogP contribution < -0.4 is 14.8 Å². The molecule has 21 heavy (non-hydrogen) atoms. The molecule has 0 amide bonds. The Morgan fingerprint density at radius 2 is 1.90 bits per heavy atom. The molecule has 1 aromatic rings. The average molecular weight is 292 g/mol. The van der Waals surface area contributed by atoms with Gasteiger partial charge in [-0.15, -0.1) is 0 Å². The molecular weight excluding hydrogens is 268 g/mol. The van der Waals surface area contributed by atoms with Gasteiger partial charge in [-0.2, -0.15) is 0 Å². The first-order chi connectivity index (χ1) is 10.4. The summed E-state index contributed by atoms with van der Waals surface area (Å²) in [5.74, 6) is 1.79. The van der Waals surface area contributed by atoms with Crippen molar-refractivity contribution in [2.75, 3.05) is 52.6 Å². The maximum Gasteiger partial charge on any atom is 0.165 e. The van der Waals surface area contributed by atoms with E-state index in [4.69, 9.17) is 14.2 Å². The summed E-state index contributed by atoms with van der Waals surface area (Å²) in [6.45, 7) is 8.13. The van der Waals surface area contributed by atoms with Crippen molar-refractivity contribution in [1.82, 2.24) is 10.2 Å². The Morgan fingerprint density at radius 3 is 2.81 bits per heavy atom. The molecule has 2 heterocycles. The fraction of sp³-hybridized carbons (Fsp3) is 0.625. The normalized spacial score (nSPS) is 19.2. The summed E-state index contributed by atoms with van der Waals surface area (Å²) in [6.07, 6.45) is 0.943. The molecule has 1 aromatic carbocycles. The third-order valence-electron chi connectivity index (χ3n) is 3.88. The second kappa shape index (κ2) is 7.64. The van der Waals surface area contributed by atoms with Crippen molar-refractivity contribution < 1.29 is 14.2 Å². The second-order valence-corrected chi connectivity index (χ2v) is 5.43. The van der Waals surface area contributed by atoms with Gasteiger partial charge in [0.25, 0.3) is 0 Å². The van der Waals surface area contributed by atoms with Crippen molar-refractivity contribution in [2.45, 2.75) is 13.0 Å². The second-order valence-electron chi connectivity index (χ2n) is 5.43. The Hall–Kier alpha value is -1.30. The molecule has 0 saturated carbocycles. The fourth-order valence-electron chi connectivity index (χ4n) is 2.68. The van der Waals surface area contributed by atoms with Gasteiger partial charge in [-0.3, -0.25) is 4.90 Å². The van der Waals surface area contributed by atoms with Crippen LogP contribution in [0.1, 0.15) is 12.0 Å². The standard InChI is InChI=1S/C16H24N2O3/c1-3-14(16-15(4-1)20-9-2-10-21-16)13-17-5-6-18-7-11-19-12-8-18/h1,3-4,17H,2,5-13H2. The van der Waals surface area contributed by atoms with E-state index in [0.29, 0.717) is 0 Å². The lowest BCUT2D eigenvalue weighted by molar-refractivity contribution is 0.0384. The lowest BCUT2D eigenvalue weighted by Gasteiger charge is -2.26. The minimum absolute atomic E-state index is 0.734. The van der Waals surface area contributed by atoms with Crippen molar-refractivity contribution in [3.05, 3.63) is 23.8 Å². The Morgan fingerprint density at radius 1 is 1.05 bits per heavy atom. The highest BCUT2D eigenvalue weighted by Crippen LogP contribution is 2.32. The molecule has 0 radical (unpaired) electrons. The van der Waals surface area contributed by atoms with E-state index in [9.17, 15) is 0 Å². The van der Waals surface area contributed by atoms with Crippen LogP contribution in [0.5, 0.6) is 11.5 Å². The number of morpholine rings is 1. The topological polar surface area (TPSA) is 43.0 Å². The van der Waals surface area contributed by atoms with E-state index < -0.39 is 0 Å². The van der Waals surface area contributed by atoms with Crippen LogP contribution in [0.25, 0.3) is 0 Å². The van der Waals surface area contributed by atoms with Crippen LogP contribution >= 0.6 is 0 Å². The molecule has 0 spiro atoms. The van der Waals surface area contributed by atoms with Crippen LogP contribution in [-0.4, -0.2) is 57.5 Å². The van der Waals surface area contributed by atoms with Crippen molar-refractivity contribution >= 4 is 0 Å². The number of benzene rings is 1. The number of nitrogens with one attached hydrogen (secondary N) is 1. The molecule has 3 rings (SSSR count). The number of ether oxygens (including phenoxy) is 3. The molecule has 1 N–H and O–H groups in total. The molecule has 0 atom stereocenters. The van der Waals surface area contributed by atoms with Gasteiger partial charge >= 0.3 is 0 Å². The van der Waals surface area contributed by atoms with E-state index in [1.165, 1.54) is 5.56 Å². The highest BCUT2D eigenvalue weighted by atomic mass is 16.5. The Bertz CT molecular complexity index is 447. The highest BCUT2D eigenvalue weighted by Gasteiger charge is 2.14. The van der Waals surface area contributed by atoms with Crippen LogP contribution in [0, 0.1) is 0 Å². The lowest BCUT2D eigenvalue weighted by atomic mass is 10.2. The molecule has 5 nitrogen and oxygen atoms in total. The van der Waals surface area contributed by atoms with E-state index in [1.807, 2.05) is 12.1 Å². The molecule has 1 fully saturated rings. The predicted octanol–water partition coefficient (Wildman–Crippen LogP) is 1.27. The molecule has 2 aliphatic heterocycles. The fourth-order valence-corrected chi connectivity index (χ4v) is 2.68. The monoisotopic (exact) mass is 292 g/mol. The molecular formula is C16H24N2O3. The van der Waals surface area contributed by atoms with Gasteiger partial charge in [0.05, 0.1) is 26.4 Å². The van der Waals surface area contributed by atoms with Crippen molar-refractivity contribution in [3.8, 4) is 11.5 Å². The molecule has 1 saturated heterocycles. The molecule has 0 bridgehead atoms. The Balaban J connectivity index is 1.48. The summed E-state index contributed by atoms with van der Waals surface area (Å²) in [5.41, 5.74) is 1.18. The van der Waals surface area contributed by atoms with Crippen molar-refractivity contribution in [1.29, 1.82) is 0 Å². The largest absolute Gasteiger partial charge is 0.490 e. The van der Waals surface area contributed by atoms with Crippen LogP contribution in [0.4, 0.5) is 0 Å². The van der Waals surface area contributed by atoms with E-state index in [-0.39, 0.29) is 0 Å². The minimum Gasteiger partial charge on any atom is -0.490 e. The van der Waals surface area contributed by atoms with Gasteiger partial charge in [0.1, 0.15) is 0 Å². The first kappa shape index (κ1) is 14.6. The SMILES string of the molecule is c1cc(CNCCN2CCOCC2)c2c(c1)OCCCO2. The minimum atomic E-state index is 0.734. The summed E-state index contributed by atoms with van der Waals surface area (Å²) in [6, 6.07) is 6.12. The molecule has 116 valence electrons. The highest BCUT2D eigenvalue weighted by molar-refractivity contribution is 5.47. The molecule has 2 aliphatic rings. The van der Waals surface area contributed by atoms with Gasteiger partial charge in [-0.05, 0) is 6.07 Å². The first-order valence-electron chi connectivity index (χ1n) is 7.82. The summed E-state index contributed by atoms with van der Waals surface area (Å²) < 4.78 is 16.9. The zero-order valence-electron chi connectivity index (χ0n) is 12.5. The van der Waals surface area contributed by atoms with Crippen molar-refractivity contribution in [3.63, 3.8) is 0 Å². The molecule has 0 aromatic heterocycles. The number of hydrogen-bond acceptors (Lipinski definition) is 5. The van der Waals surface area contributed by atoms with Crippen molar-refractivity contribution in [2.24, 2.45) is 0 Å². The molecule has 0 unspecified atom stereocenters. The van der Waals surface area contributed by atoms with E-state index in [0.717, 1.165) is 77.1 Å². The van der Waals surface area contributed by atoms with Crippen LogP contribution in [0.2, 0.25) is 0 Å². The lowest BCUT2D eigenvalue weighted by Crippen LogP contribution is -2.40. The molecule has 0 aliphatic carbocycles. The van der Waals surface area contributed by atoms with Gasteiger partial charge < -0.3 is 19.5 Å². The average Bonchev–Trinajstić information content (AvgIpc) is 2.78. The van der Waals surface area contributed by atoms with Gasteiger partial charge in [0.15, 0.2) is 11.5 Å². The predicted molar refractivity (Wildman–Crippen MR) is 81.0 cm³/mol. The quantitative estimate of drug-likeness (QED) is 0.828. The zero-order chi connectivity index (χ0) is 14.3. The summed E-state index contributed by atoms with van der Waals surface area (Å²) in [4.78, 5) is 2.43. The Kier molecular flexibility index (Phi) is 5.32. The number of nitrogens with zero attached hydrogens (tertiary/aromatic N) is 1. The first-order valence-corrected chi connectivity index (χ1v) is 7.82. The molecule has 5 heteroatoms. The smallest absolute Gasteiger partial charge is 0.165 e. The van der Waals surface area contributed by atoms with E-state index in [1.54, 1.807) is 0 Å². The van der Waals surface area contributed by atoms with Gasteiger partial charge in [-0.25, -0.2) is 0 Å². The van der Waals surface area contributed by atoms with Crippen LogP contribution in [-0.2, 0) is 11.3 Å². The number of rotatable bonds is 5. The van der Waals surface area contributed by atoms with Gasteiger partial charge in [0, 0.05) is 44.7 Å². The third-order valence-corrected chi connectivity index (χ3v) is 3.88. The summed E-state index contributed by atoms with van der Waals surface area (Å²) in [7, 11) is 0.